The zero-order chi connectivity index (χ0) is 13.6. The maximum atomic E-state index is 12.1. The summed E-state index contributed by atoms with van der Waals surface area (Å²) < 4.78 is 0. The monoisotopic (exact) mass is 259 g/mol. The summed E-state index contributed by atoms with van der Waals surface area (Å²) in [7, 11) is 1.70. The van der Waals surface area contributed by atoms with Gasteiger partial charge in [-0.25, -0.2) is 4.79 Å². The third-order valence-corrected chi connectivity index (χ3v) is 3.35. The molecule has 2 aliphatic rings. The van der Waals surface area contributed by atoms with Crippen LogP contribution in [0, 0.1) is 0 Å². The Bertz CT molecular complexity index is 592. The summed E-state index contributed by atoms with van der Waals surface area (Å²) in [5.74, 6) is 0.0497. The molecule has 0 aromatic heterocycles. The molecule has 0 radical (unpaired) electrons. The van der Waals surface area contributed by atoms with Crippen LogP contribution in [0.15, 0.2) is 35.5 Å². The van der Waals surface area contributed by atoms with Gasteiger partial charge in [-0.1, -0.05) is 12.1 Å². The van der Waals surface area contributed by atoms with Crippen LogP contribution < -0.4 is 10.6 Å². The summed E-state index contributed by atoms with van der Waals surface area (Å²) in [4.78, 5) is 25.3. The Labute approximate surface area is 109 Å². The number of aromatic hydroxyl groups is 1. The number of hydrogen-bond donors (Lipinski definition) is 3. The van der Waals surface area contributed by atoms with Crippen molar-refractivity contribution in [2.75, 3.05) is 13.6 Å². The predicted octanol–water partition coefficient (Wildman–Crippen LogP) is 0.472. The molecule has 3 N–H and O–H groups in total. The van der Waals surface area contributed by atoms with Crippen molar-refractivity contribution in [2.45, 2.75) is 6.04 Å². The van der Waals surface area contributed by atoms with Gasteiger partial charge in [-0.05, 0) is 17.7 Å². The molecule has 3 amide bonds. The molecule has 0 unspecified atom stereocenters. The lowest BCUT2D eigenvalue weighted by Gasteiger charge is -2.25. The van der Waals surface area contributed by atoms with Crippen molar-refractivity contribution in [3.05, 3.63) is 41.1 Å². The summed E-state index contributed by atoms with van der Waals surface area (Å²) in [5, 5.41) is 14.7. The van der Waals surface area contributed by atoms with Crippen LogP contribution in [0.4, 0.5) is 4.79 Å². The van der Waals surface area contributed by atoms with Crippen LogP contribution in [0.3, 0.4) is 0 Å². The predicted molar refractivity (Wildman–Crippen MR) is 67.2 cm³/mol. The Morgan fingerprint density at radius 2 is 1.95 bits per heavy atom. The molecule has 2 heterocycles. The Kier molecular flexibility index (Phi) is 2.45. The number of benzene rings is 1. The maximum Gasteiger partial charge on any atom is 0.319 e. The summed E-state index contributed by atoms with van der Waals surface area (Å²) in [5.41, 5.74) is 1.98. The van der Waals surface area contributed by atoms with E-state index in [9.17, 15) is 14.7 Å². The largest absolute Gasteiger partial charge is 0.508 e. The highest BCUT2D eigenvalue weighted by Crippen LogP contribution is 2.32. The van der Waals surface area contributed by atoms with Crippen LogP contribution in [0.5, 0.6) is 5.75 Å². The third-order valence-electron chi connectivity index (χ3n) is 3.35. The second-order valence-electron chi connectivity index (χ2n) is 4.68. The molecule has 0 bridgehead atoms. The van der Waals surface area contributed by atoms with E-state index in [1.165, 1.54) is 12.1 Å². The number of nitrogens with one attached hydrogen (secondary N) is 2. The second kappa shape index (κ2) is 4.01. The Balaban J connectivity index is 2.04. The lowest BCUT2D eigenvalue weighted by Crippen LogP contribution is -2.44. The van der Waals surface area contributed by atoms with Crippen LogP contribution in [-0.4, -0.2) is 35.5 Å². The molecular formula is C13H13N3O3. The molecule has 0 fully saturated rings. The van der Waals surface area contributed by atoms with Crippen molar-refractivity contribution in [3.8, 4) is 5.75 Å². The van der Waals surface area contributed by atoms with Gasteiger partial charge in [-0.15, -0.1) is 0 Å². The van der Waals surface area contributed by atoms with Gasteiger partial charge >= 0.3 is 6.03 Å². The van der Waals surface area contributed by atoms with Crippen LogP contribution in [0.25, 0.3) is 0 Å². The molecule has 6 nitrogen and oxygen atoms in total. The average molecular weight is 259 g/mol. The Morgan fingerprint density at radius 3 is 2.63 bits per heavy atom. The smallest absolute Gasteiger partial charge is 0.319 e. The van der Waals surface area contributed by atoms with Gasteiger partial charge in [-0.2, -0.15) is 0 Å². The van der Waals surface area contributed by atoms with E-state index in [1.807, 2.05) is 0 Å². The zero-order valence-corrected chi connectivity index (χ0v) is 10.3. The molecule has 98 valence electrons. The summed E-state index contributed by atoms with van der Waals surface area (Å²) in [6, 6.07) is 5.67. The average Bonchev–Trinajstić information content (AvgIpc) is 2.65. The number of carbonyl (C=O) groups is 2. The Hall–Kier alpha value is -2.50. The van der Waals surface area contributed by atoms with Crippen LogP contribution in [0.2, 0.25) is 0 Å². The number of hydrogen-bond acceptors (Lipinski definition) is 3. The molecule has 0 saturated carbocycles. The standard InChI is InChI=1S/C13H13N3O3/c1-16-6-9-10(12(16)18)11(15-13(19)14-9)7-2-4-8(17)5-3-7/h2-5,11,17H,6H2,1H3,(H2,14,15,19)/t11-/m1/s1. The third kappa shape index (κ3) is 1.81. The van der Waals surface area contributed by atoms with Crippen molar-refractivity contribution in [3.63, 3.8) is 0 Å². The lowest BCUT2D eigenvalue weighted by molar-refractivity contribution is -0.124. The number of phenols is 1. The van der Waals surface area contributed by atoms with E-state index >= 15 is 0 Å². The van der Waals surface area contributed by atoms with Crippen molar-refractivity contribution < 1.29 is 14.7 Å². The molecule has 0 saturated heterocycles. The van der Waals surface area contributed by atoms with Gasteiger partial charge in [0.15, 0.2) is 0 Å². The fraction of sp³-hybridized carbons (Fsp3) is 0.231. The first-order chi connectivity index (χ1) is 9.06. The molecule has 0 aliphatic carbocycles. The van der Waals surface area contributed by atoms with E-state index in [2.05, 4.69) is 10.6 Å². The minimum atomic E-state index is -0.471. The molecule has 0 spiro atoms. The van der Waals surface area contributed by atoms with Gasteiger partial charge in [0.05, 0.1) is 23.9 Å². The number of nitrogens with zero attached hydrogens (tertiary/aromatic N) is 1. The summed E-state index contributed by atoms with van der Waals surface area (Å²) in [6.45, 7) is 0.413. The molecular weight excluding hydrogens is 246 g/mol. The van der Waals surface area contributed by atoms with Gasteiger partial charge in [0, 0.05) is 7.05 Å². The molecule has 1 aromatic rings. The van der Waals surface area contributed by atoms with Gasteiger partial charge in [0.25, 0.3) is 5.91 Å². The first kappa shape index (κ1) is 11.6. The number of urea groups is 1. The zero-order valence-electron chi connectivity index (χ0n) is 10.3. The van der Waals surface area contributed by atoms with E-state index in [0.717, 1.165) is 5.56 Å². The maximum absolute atomic E-state index is 12.1. The highest BCUT2D eigenvalue weighted by atomic mass is 16.3. The number of rotatable bonds is 1. The fourth-order valence-corrected chi connectivity index (χ4v) is 2.43. The minimum Gasteiger partial charge on any atom is -0.508 e. The molecule has 6 heteroatoms. The fourth-order valence-electron chi connectivity index (χ4n) is 2.43. The first-order valence-electron chi connectivity index (χ1n) is 5.91. The lowest BCUT2D eigenvalue weighted by atomic mass is 9.96. The summed E-state index contributed by atoms with van der Waals surface area (Å²) >= 11 is 0. The van der Waals surface area contributed by atoms with Gasteiger partial charge < -0.3 is 20.6 Å². The quantitative estimate of drug-likeness (QED) is 0.685. The van der Waals surface area contributed by atoms with Crippen LogP contribution in [0.1, 0.15) is 11.6 Å². The van der Waals surface area contributed by atoms with Crippen molar-refractivity contribution in [2.24, 2.45) is 0 Å². The number of likely N-dealkylation sites (N-methyl/N-ethyl adjacent to an activating group) is 1. The number of phenolic OH excluding ortho intramolecular Hbond substituents is 1. The molecule has 2 aliphatic heterocycles. The Morgan fingerprint density at radius 1 is 1.26 bits per heavy atom. The van der Waals surface area contributed by atoms with E-state index in [-0.39, 0.29) is 17.7 Å². The van der Waals surface area contributed by atoms with Crippen molar-refractivity contribution in [1.82, 2.24) is 15.5 Å². The van der Waals surface area contributed by atoms with Gasteiger partial charge in [0.1, 0.15) is 5.75 Å². The highest BCUT2D eigenvalue weighted by Gasteiger charge is 2.38. The van der Waals surface area contributed by atoms with Gasteiger partial charge in [0.2, 0.25) is 0 Å². The second-order valence-corrected chi connectivity index (χ2v) is 4.68. The van der Waals surface area contributed by atoms with Crippen LogP contribution >= 0.6 is 0 Å². The molecule has 3 rings (SSSR count). The van der Waals surface area contributed by atoms with E-state index in [1.54, 1.807) is 24.1 Å². The number of carbonyl (C=O) groups excluding carboxylic acids is 2. The van der Waals surface area contributed by atoms with E-state index in [4.69, 9.17) is 0 Å². The van der Waals surface area contributed by atoms with E-state index < -0.39 is 6.04 Å². The van der Waals surface area contributed by atoms with Crippen LogP contribution in [-0.2, 0) is 4.79 Å². The number of amides is 3. The summed E-state index contributed by atoms with van der Waals surface area (Å²) in [6.07, 6.45) is 0. The molecule has 1 atom stereocenters. The topological polar surface area (TPSA) is 81.7 Å². The highest BCUT2D eigenvalue weighted by molar-refractivity contribution is 6.01. The first-order valence-corrected chi connectivity index (χ1v) is 5.91. The molecule has 1 aromatic carbocycles. The van der Waals surface area contributed by atoms with E-state index in [0.29, 0.717) is 17.8 Å². The normalized spacial score (nSPS) is 22.2. The molecule has 19 heavy (non-hydrogen) atoms. The van der Waals surface area contributed by atoms with Crippen molar-refractivity contribution >= 4 is 11.9 Å². The van der Waals surface area contributed by atoms with Crippen molar-refractivity contribution in [1.29, 1.82) is 0 Å². The minimum absolute atomic E-state index is 0.0967. The van der Waals surface area contributed by atoms with Gasteiger partial charge in [-0.3, -0.25) is 4.79 Å². The SMILES string of the molecule is CN1CC2=C(C1=O)[C@@H](c1ccc(O)cc1)NC(=O)N2.